The van der Waals surface area contributed by atoms with Gasteiger partial charge in [-0.1, -0.05) is 18.2 Å². The second kappa shape index (κ2) is 3.55. The first-order valence-corrected chi connectivity index (χ1v) is 6.65. The molecule has 2 aromatic carbocycles. The third kappa shape index (κ3) is 1.37. The number of nitrogens with zero attached hydrogens (tertiary/aromatic N) is 1. The van der Waals surface area contributed by atoms with Gasteiger partial charge in [0, 0.05) is 11.1 Å². The molecule has 0 bridgehead atoms. The van der Waals surface area contributed by atoms with E-state index in [-0.39, 0.29) is 20.7 Å². The van der Waals surface area contributed by atoms with Gasteiger partial charge in [0.2, 0.25) is 9.84 Å². The van der Waals surface area contributed by atoms with Crippen LogP contribution in [0.15, 0.2) is 52.3 Å². The van der Waals surface area contributed by atoms with Crippen LogP contribution in [0.25, 0.3) is 11.1 Å². The fourth-order valence-corrected chi connectivity index (χ4v) is 3.79. The van der Waals surface area contributed by atoms with Crippen LogP contribution in [0.2, 0.25) is 0 Å². The van der Waals surface area contributed by atoms with E-state index in [1.165, 1.54) is 24.3 Å². The van der Waals surface area contributed by atoms with Gasteiger partial charge >= 0.3 is 0 Å². The smallest absolute Gasteiger partial charge is 0.207 e. The monoisotopic (exact) mass is 262 g/mol. The molecular formula is C12H8NO4S-. The molecule has 5 nitrogen and oxygen atoms in total. The Morgan fingerprint density at radius 2 is 1.67 bits per heavy atom. The molecule has 0 fully saturated rings. The van der Waals surface area contributed by atoms with Crippen LogP contribution in [0.1, 0.15) is 0 Å². The maximum absolute atomic E-state index is 12.2. The number of benzene rings is 2. The summed E-state index contributed by atoms with van der Waals surface area (Å²) in [5.41, 5.74) is 0.995. The van der Waals surface area contributed by atoms with E-state index in [9.17, 15) is 13.6 Å². The largest absolute Gasteiger partial charge is 0.733 e. The van der Waals surface area contributed by atoms with Gasteiger partial charge in [-0.25, -0.2) is 8.42 Å². The Morgan fingerprint density at radius 1 is 1.00 bits per heavy atom. The summed E-state index contributed by atoms with van der Waals surface area (Å²) in [6.45, 7) is 0. The van der Waals surface area contributed by atoms with E-state index in [4.69, 9.17) is 5.21 Å². The molecule has 1 heterocycles. The van der Waals surface area contributed by atoms with Gasteiger partial charge < -0.3 is 10.4 Å². The highest BCUT2D eigenvalue weighted by atomic mass is 32.2. The molecule has 0 saturated heterocycles. The molecule has 0 spiro atoms. The second-order valence-corrected chi connectivity index (χ2v) is 5.84. The first kappa shape index (κ1) is 11.2. The summed E-state index contributed by atoms with van der Waals surface area (Å²) in [5, 5.41) is 19.4. The van der Waals surface area contributed by atoms with Gasteiger partial charge in [0.1, 0.15) is 0 Å². The normalized spacial score (nSPS) is 15.0. The van der Waals surface area contributed by atoms with Crippen LogP contribution >= 0.6 is 0 Å². The molecule has 0 saturated carbocycles. The van der Waals surface area contributed by atoms with E-state index in [1.54, 1.807) is 18.2 Å². The van der Waals surface area contributed by atoms with Crippen LogP contribution in [-0.2, 0) is 9.84 Å². The van der Waals surface area contributed by atoms with Crippen molar-refractivity contribution in [3.8, 4) is 11.1 Å². The summed E-state index contributed by atoms with van der Waals surface area (Å²) >= 11 is 0. The van der Waals surface area contributed by atoms with Crippen molar-refractivity contribution < 1.29 is 13.6 Å². The molecule has 0 radical (unpaired) electrons. The van der Waals surface area contributed by atoms with Crippen molar-refractivity contribution in [2.75, 3.05) is 5.23 Å². The summed E-state index contributed by atoms with van der Waals surface area (Å²) in [4.78, 5) is 0.391. The highest BCUT2D eigenvalue weighted by Crippen LogP contribution is 2.44. The summed E-state index contributed by atoms with van der Waals surface area (Å²) in [7, 11) is -3.51. The molecule has 1 aliphatic rings. The molecule has 18 heavy (non-hydrogen) atoms. The lowest BCUT2D eigenvalue weighted by atomic mass is 10.1. The highest BCUT2D eigenvalue weighted by Gasteiger charge is 2.32. The van der Waals surface area contributed by atoms with E-state index < -0.39 is 9.84 Å². The lowest BCUT2D eigenvalue weighted by Crippen LogP contribution is -2.07. The van der Waals surface area contributed by atoms with Crippen LogP contribution in [0.3, 0.4) is 0 Å². The number of sulfone groups is 1. The molecule has 1 aliphatic heterocycles. The molecule has 1 N–H and O–H groups in total. The quantitative estimate of drug-likeness (QED) is 0.680. The minimum Gasteiger partial charge on any atom is -0.733 e. The van der Waals surface area contributed by atoms with Gasteiger partial charge in [-0.2, -0.15) is 0 Å². The third-order valence-electron chi connectivity index (χ3n) is 2.94. The zero-order chi connectivity index (χ0) is 12.9. The summed E-state index contributed by atoms with van der Waals surface area (Å²) in [6, 6.07) is 10.6. The summed E-state index contributed by atoms with van der Waals surface area (Å²) < 4.78 is 24.4. The zero-order valence-corrected chi connectivity index (χ0v) is 9.89. The van der Waals surface area contributed by atoms with E-state index in [0.717, 1.165) is 0 Å². The van der Waals surface area contributed by atoms with Gasteiger partial charge in [-0.15, -0.1) is 0 Å². The third-order valence-corrected chi connectivity index (χ3v) is 4.81. The number of hydrogen-bond acceptors (Lipinski definition) is 5. The molecule has 2 aromatic rings. The van der Waals surface area contributed by atoms with Crippen molar-refractivity contribution >= 4 is 15.5 Å². The van der Waals surface area contributed by atoms with Crippen molar-refractivity contribution in [2.24, 2.45) is 0 Å². The fourth-order valence-electron chi connectivity index (χ4n) is 2.12. The van der Waals surface area contributed by atoms with Crippen molar-refractivity contribution in [1.29, 1.82) is 0 Å². The molecule has 0 aromatic heterocycles. The first-order chi connectivity index (χ1) is 8.51. The molecule has 0 atom stereocenters. The number of hydrogen-bond donors (Lipinski definition) is 1. The fraction of sp³-hybridized carbons (Fsp3) is 0. The van der Waals surface area contributed by atoms with Crippen LogP contribution in [0, 0.1) is 5.21 Å². The lowest BCUT2D eigenvalue weighted by Gasteiger charge is -2.21. The second-order valence-electron chi connectivity index (χ2n) is 3.95. The van der Waals surface area contributed by atoms with E-state index >= 15 is 0 Å². The molecule has 0 aliphatic carbocycles. The number of fused-ring (bicyclic) bond motifs is 3. The summed E-state index contributed by atoms with van der Waals surface area (Å²) in [5.74, 6) is 0. The Morgan fingerprint density at radius 3 is 2.39 bits per heavy atom. The van der Waals surface area contributed by atoms with E-state index in [1.807, 2.05) is 0 Å². The van der Waals surface area contributed by atoms with Crippen molar-refractivity contribution in [3.05, 3.63) is 47.7 Å². The van der Waals surface area contributed by atoms with Gasteiger partial charge in [0.05, 0.1) is 15.5 Å². The Hall–Kier alpha value is -1.89. The Balaban J connectivity index is 2.37. The SMILES string of the molecule is O=S1(=O)c2ccccc2-c2cc(N([O-])O)ccc21. The predicted molar refractivity (Wildman–Crippen MR) is 65.0 cm³/mol. The number of anilines is 1. The molecule has 0 amide bonds. The van der Waals surface area contributed by atoms with Gasteiger partial charge in [-0.05, 0) is 24.3 Å². The van der Waals surface area contributed by atoms with Crippen LogP contribution in [0.5, 0.6) is 0 Å². The predicted octanol–water partition coefficient (Wildman–Crippen LogP) is 2.19. The van der Waals surface area contributed by atoms with Crippen molar-refractivity contribution in [2.45, 2.75) is 9.79 Å². The Bertz CT molecular complexity index is 737. The Kier molecular flexibility index (Phi) is 2.21. The molecular weight excluding hydrogens is 254 g/mol. The average molecular weight is 262 g/mol. The lowest BCUT2D eigenvalue weighted by molar-refractivity contribution is 0.296. The topological polar surface area (TPSA) is 80.7 Å². The van der Waals surface area contributed by atoms with E-state index in [0.29, 0.717) is 11.1 Å². The average Bonchev–Trinajstić information content (AvgIpc) is 2.59. The maximum atomic E-state index is 12.2. The maximum Gasteiger partial charge on any atom is 0.207 e. The molecule has 92 valence electrons. The molecule has 6 heteroatoms. The summed E-state index contributed by atoms with van der Waals surface area (Å²) in [6.07, 6.45) is 0. The van der Waals surface area contributed by atoms with Crippen molar-refractivity contribution in [3.63, 3.8) is 0 Å². The van der Waals surface area contributed by atoms with E-state index in [2.05, 4.69) is 0 Å². The molecule has 0 unspecified atom stereocenters. The minimum atomic E-state index is -3.51. The van der Waals surface area contributed by atoms with Crippen LogP contribution in [-0.4, -0.2) is 13.6 Å². The van der Waals surface area contributed by atoms with Crippen molar-refractivity contribution in [1.82, 2.24) is 0 Å². The van der Waals surface area contributed by atoms with Crippen LogP contribution < -0.4 is 5.23 Å². The highest BCUT2D eigenvalue weighted by molar-refractivity contribution is 7.92. The number of rotatable bonds is 1. The van der Waals surface area contributed by atoms with Crippen LogP contribution in [0.4, 0.5) is 5.69 Å². The van der Waals surface area contributed by atoms with Gasteiger partial charge in [0.25, 0.3) is 0 Å². The zero-order valence-electron chi connectivity index (χ0n) is 9.07. The minimum absolute atomic E-state index is 0.000605. The van der Waals surface area contributed by atoms with Gasteiger partial charge in [0.15, 0.2) is 0 Å². The Labute approximate surface area is 103 Å². The standard InChI is InChI=1S/C12H8NO4S/c14-13(15)8-5-6-12-10(7-8)9-3-1-2-4-11(9)18(12,16)17/h1-7,14H/q-1. The first-order valence-electron chi connectivity index (χ1n) is 5.16. The molecule has 3 rings (SSSR count). The van der Waals surface area contributed by atoms with Gasteiger partial charge in [-0.3, -0.25) is 5.21 Å².